The quantitative estimate of drug-likeness (QED) is 0.698. The summed E-state index contributed by atoms with van der Waals surface area (Å²) in [4.78, 5) is 2.44. The summed E-state index contributed by atoms with van der Waals surface area (Å²) in [6.07, 6.45) is 2.15. The van der Waals surface area contributed by atoms with E-state index < -0.39 is 0 Å². The van der Waals surface area contributed by atoms with Gasteiger partial charge in [0.05, 0.1) is 18.7 Å². The van der Waals surface area contributed by atoms with Crippen molar-refractivity contribution < 1.29 is 4.74 Å². The first-order valence-corrected chi connectivity index (χ1v) is 6.14. The minimum absolute atomic E-state index is 0.00600. The van der Waals surface area contributed by atoms with Crippen LogP contribution in [0.25, 0.3) is 0 Å². The molecule has 0 aliphatic carbocycles. The summed E-state index contributed by atoms with van der Waals surface area (Å²) in [5.41, 5.74) is 0. The number of nitrogens with zero attached hydrogens (tertiary/aromatic N) is 2. The topological polar surface area (TPSA) is 48.3 Å². The summed E-state index contributed by atoms with van der Waals surface area (Å²) < 4.78 is 5.17. The second kappa shape index (κ2) is 7.61. The van der Waals surface area contributed by atoms with Gasteiger partial charge in [0.15, 0.2) is 0 Å². The van der Waals surface area contributed by atoms with E-state index in [0.717, 1.165) is 39.2 Å². The second-order valence-electron chi connectivity index (χ2n) is 4.44. The fourth-order valence-corrected chi connectivity index (χ4v) is 2.26. The van der Waals surface area contributed by atoms with E-state index in [1.165, 1.54) is 6.42 Å². The van der Waals surface area contributed by atoms with Gasteiger partial charge in [-0.2, -0.15) is 5.26 Å². The zero-order valence-corrected chi connectivity index (χ0v) is 10.4. The summed E-state index contributed by atoms with van der Waals surface area (Å²) in [7, 11) is 1.76. The molecule has 1 fully saturated rings. The Bertz CT molecular complexity index is 227. The van der Waals surface area contributed by atoms with Gasteiger partial charge in [-0.25, -0.2) is 0 Å². The molecule has 1 heterocycles. The molecular formula is C12H23N3O. The molecule has 0 radical (unpaired) electrons. The molecular weight excluding hydrogens is 202 g/mol. The van der Waals surface area contributed by atoms with Gasteiger partial charge in [-0.05, 0) is 31.8 Å². The molecule has 1 N–H and O–H groups in total. The predicted molar refractivity (Wildman–Crippen MR) is 64.1 cm³/mol. The van der Waals surface area contributed by atoms with Crippen molar-refractivity contribution >= 4 is 0 Å². The Kier molecular flexibility index (Phi) is 6.39. The maximum absolute atomic E-state index is 8.92. The zero-order valence-electron chi connectivity index (χ0n) is 10.4. The lowest BCUT2D eigenvalue weighted by molar-refractivity contribution is 0.153. The largest absolute Gasteiger partial charge is 0.384 e. The number of rotatable bonds is 7. The molecule has 0 aromatic rings. The fraction of sp³-hybridized carbons (Fsp3) is 0.917. The molecule has 1 saturated heterocycles. The molecule has 2 unspecified atom stereocenters. The van der Waals surface area contributed by atoms with Crippen LogP contribution in [0.3, 0.4) is 0 Å². The van der Waals surface area contributed by atoms with Gasteiger partial charge in [-0.3, -0.25) is 0 Å². The minimum atomic E-state index is 0.00600. The first-order chi connectivity index (χ1) is 7.80. The lowest BCUT2D eigenvalue weighted by atomic mass is 10.1. The van der Waals surface area contributed by atoms with Crippen LogP contribution in [0.1, 0.15) is 19.8 Å². The molecule has 4 heteroatoms. The van der Waals surface area contributed by atoms with Gasteiger partial charge >= 0.3 is 0 Å². The van der Waals surface area contributed by atoms with Crippen molar-refractivity contribution in [1.29, 1.82) is 5.26 Å². The maximum Gasteiger partial charge on any atom is 0.0965 e. The Labute approximate surface area is 98.6 Å². The van der Waals surface area contributed by atoms with Crippen molar-refractivity contribution in [3.8, 4) is 6.07 Å². The van der Waals surface area contributed by atoms with E-state index in [4.69, 9.17) is 10.00 Å². The highest BCUT2D eigenvalue weighted by Crippen LogP contribution is 2.16. The normalized spacial score (nSPS) is 23.2. The summed E-state index contributed by atoms with van der Waals surface area (Å²) in [5.74, 6) is 0.685. The first-order valence-electron chi connectivity index (χ1n) is 6.14. The van der Waals surface area contributed by atoms with E-state index in [-0.39, 0.29) is 6.04 Å². The second-order valence-corrected chi connectivity index (χ2v) is 4.44. The summed E-state index contributed by atoms with van der Waals surface area (Å²) >= 11 is 0. The average Bonchev–Trinajstić information content (AvgIpc) is 2.72. The van der Waals surface area contributed by atoms with Gasteiger partial charge in [0.25, 0.3) is 0 Å². The van der Waals surface area contributed by atoms with Crippen molar-refractivity contribution in [3.63, 3.8) is 0 Å². The Morgan fingerprint density at radius 2 is 2.44 bits per heavy atom. The maximum atomic E-state index is 8.92. The lowest BCUT2D eigenvalue weighted by Gasteiger charge is -2.18. The number of nitriles is 1. The number of likely N-dealkylation sites (tertiary alicyclic amines) is 1. The lowest BCUT2D eigenvalue weighted by Crippen LogP contribution is -2.32. The van der Waals surface area contributed by atoms with Gasteiger partial charge in [-0.15, -0.1) is 0 Å². The van der Waals surface area contributed by atoms with E-state index in [0.29, 0.717) is 5.92 Å². The molecule has 0 amide bonds. The van der Waals surface area contributed by atoms with Crippen molar-refractivity contribution in [2.45, 2.75) is 25.8 Å². The van der Waals surface area contributed by atoms with Gasteiger partial charge in [0, 0.05) is 20.2 Å². The molecule has 92 valence electrons. The first kappa shape index (κ1) is 13.4. The van der Waals surface area contributed by atoms with Crippen LogP contribution in [0.4, 0.5) is 0 Å². The fourth-order valence-electron chi connectivity index (χ4n) is 2.26. The third-order valence-electron chi connectivity index (χ3n) is 3.11. The Morgan fingerprint density at radius 1 is 1.62 bits per heavy atom. The highest BCUT2D eigenvalue weighted by molar-refractivity contribution is 4.90. The standard InChI is InChI=1S/C12H23N3O/c1-3-14-12(8-13)5-7-15-6-4-11(9-15)10-16-2/h11-12,14H,3-7,9-10H2,1-2H3. The van der Waals surface area contributed by atoms with Gasteiger partial charge in [0.2, 0.25) is 0 Å². The highest BCUT2D eigenvalue weighted by atomic mass is 16.5. The molecule has 1 aliphatic heterocycles. The third kappa shape index (κ3) is 4.48. The monoisotopic (exact) mass is 225 g/mol. The van der Waals surface area contributed by atoms with E-state index in [1.807, 2.05) is 6.92 Å². The molecule has 0 aromatic heterocycles. The number of ether oxygens (including phenoxy) is 1. The van der Waals surface area contributed by atoms with E-state index in [1.54, 1.807) is 7.11 Å². The van der Waals surface area contributed by atoms with Crippen molar-refractivity contribution in [1.82, 2.24) is 10.2 Å². The van der Waals surface area contributed by atoms with Crippen molar-refractivity contribution in [2.24, 2.45) is 5.92 Å². The molecule has 1 rings (SSSR count). The molecule has 0 bridgehead atoms. The number of hydrogen-bond acceptors (Lipinski definition) is 4. The number of nitrogens with one attached hydrogen (secondary N) is 1. The van der Waals surface area contributed by atoms with Gasteiger partial charge in [-0.1, -0.05) is 6.92 Å². The Balaban J connectivity index is 2.16. The van der Waals surface area contributed by atoms with Crippen molar-refractivity contribution in [3.05, 3.63) is 0 Å². The molecule has 0 spiro atoms. The zero-order chi connectivity index (χ0) is 11.8. The predicted octanol–water partition coefficient (Wildman–Crippen LogP) is 0.846. The average molecular weight is 225 g/mol. The van der Waals surface area contributed by atoms with Crippen LogP contribution in [0, 0.1) is 17.2 Å². The van der Waals surface area contributed by atoms with Crippen LogP contribution in [0.5, 0.6) is 0 Å². The van der Waals surface area contributed by atoms with E-state index in [2.05, 4.69) is 16.3 Å². The minimum Gasteiger partial charge on any atom is -0.384 e. The van der Waals surface area contributed by atoms with Crippen LogP contribution >= 0.6 is 0 Å². The number of hydrogen-bond donors (Lipinski definition) is 1. The smallest absolute Gasteiger partial charge is 0.0965 e. The molecule has 4 nitrogen and oxygen atoms in total. The van der Waals surface area contributed by atoms with Crippen LogP contribution in [0.2, 0.25) is 0 Å². The molecule has 16 heavy (non-hydrogen) atoms. The van der Waals surface area contributed by atoms with Crippen molar-refractivity contribution in [2.75, 3.05) is 39.9 Å². The van der Waals surface area contributed by atoms with E-state index >= 15 is 0 Å². The molecule has 1 aliphatic rings. The summed E-state index contributed by atoms with van der Waals surface area (Å²) in [5, 5.41) is 12.1. The Hall–Kier alpha value is -0.630. The molecule has 2 atom stereocenters. The van der Waals surface area contributed by atoms with Crippen LogP contribution in [-0.4, -0.2) is 50.8 Å². The highest BCUT2D eigenvalue weighted by Gasteiger charge is 2.22. The van der Waals surface area contributed by atoms with Gasteiger partial charge in [0.1, 0.15) is 0 Å². The van der Waals surface area contributed by atoms with E-state index in [9.17, 15) is 0 Å². The van der Waals surface area contributed by atoms with Crippen LogP contribution < -0.4 is 5.32 Å². The van der Waals surface area contributed by atoms with Gasteiger partial charge < -0.3 is 15.0 Å². The molecule has 0 saturated carbocycles. The SMILES string of the molecule is CCNC(C#N)CCN1CCC(COC)C1. The summed E-state index contributed by atoms with van der Waals surface area (Å²) in [6.45, 7) is 7.06. The Morgan fingerprint density at radius 3 is 3.06 bits per heavy atom. The summed E-state index contributed by atoms with van der Waals surface area (Å²) in [6, 6.07) is 2.31. The molecule has 0 aromatic carbocycles. The van der Waals surface area contributed by atoms with Crippen LogP contribution in [-0.2, 0) is 4.74 Å². The van der Waals surface area contributed by atoms with Crippen LogP contribution in [0.15, 0.2) is 0 Å². The number of methoxy groups -OCH3 is 1. The third-order valence-corrected chi connectivity index (χ3v) is 3.11.